The number of halogens is 3. The standard InChI is InChI=1S/C25H24F3N5O6/c1-12-18(15-4-2-3-5-16(15)25(26,27)28)22-31-24(29-11-33(22)32-12)30-13-6-8-14(9-7-13)38-23-21(37)20(36)19(35)17(10-34)39-23/h2-9,11,17,19-21,23,34-37H,10H2,1H3,(H,30,31). The third-order valence-corrected chi connectivity index (χ3v) is 6.28. The fourth-order valence-corrected chi connectivity index (χ4v) is 4.35. The second-order valence-electron chi connectivity index (χ2n) is 8.91. The molecular formula is C25H24F3N5O6. The normalized spacial score (nSPS) is 24.3. The lowest BCUT2D eigenvalue weighted by molar-refractivity contribution is -0.277. The van der Waals surface area contributed by atoms with Crippen LogP contribution < -0.4 is 10.4 Å². The molecule has 1 saturated heterocycles. The zero-order valence-electron chi connectivity index (χ0n) is 20.3. The first-order chi connectivity index (χ1) is 18.6. The fraction of sp³-hybridized carbons (Fsp3) is 0.320. The molecular weight excluding hydrogens is 523 g/mol. The highest BCUT2D eigenvalue weighted by Gasteiger charge is 2.44. The Morgan fingerprint density at radius 3 is 2.46 bits per heavy atom. The summed E-state index contributed by atoms with van der Waals surface area (Å²) in [5.41, 5.74) is 0.623. The summed E-state index contributed by atoms with van der Waals surface area (Å²) in [5, 5.41) is 43.5. The van der Waals surface area contributed by atoms with Gasteiger partial charge < -0.3 is 34.9 Å². The van der Waals surface area contributed by atoms with Crippen LogP contribution in [0.1, 0.15) is 11.3 Å². The second kappa shape index (κ2) is 10.4. The molecule has 11 nitrogen and oxygen atoms in total. The Morgan fingerprint density at radius 1 is 1.05 bits per heavy atom. The third kappa shape index (κ3) is 5.24. The highest BCUT2D eigenvalue weighted by molar-refractivity contribution is 5.82. The van der Waals surface area contributed by atoms with E-state index in [1.807, 2.05) is 0 Å². The average molecular weight is 547 g/mol. The fourth-order valence-electron chi connectivity index (χ4n) is 4.35. The average Bonchev–Trinajstić information content (AvgIpc) is 3.24. The summed E-state index contributed by atoms with van der Waals surface area (Å²) in [5.74, 6) is 0.239. The van der Waals surface area contributed by atoms with Crippen LogP contribution in [0.2, 0.25) is 0 Å². The number of aromatic nitrogens is 4. The van der Waals surface area contributed by atoms with Gasteiger partial charge in [-0.25, -0.2) is 14.5 Å². The van der Waals surface area contributed by atoms with Crippen molar-refractivity contribution in [1.29, 1.82) is 0 Å². The molecule has 2 aromatic carbocycles. The Labute approximate surface area is 218 Å². The number of rotatable bonds is 5. The molecule has 0 bridgehead atoms. The van der Waals surface area contributed by atoms with E-state index < -0.39 is 49.1 Å². The highest BCUT2D eigenvalue weighted by atomic mass is 19.4. The Bertz CT molecular complexity index is 1540. The molecule has 3 heterocycles. The predicted molar refractivity (Wildman–Crippen MR) is 129 cm³/mol. The number of aliphatic hydroxyl groups excluding tert-OH is 4. The highest BCUT2D eigenvalue weighted by Crippen LogP contribution is 2.39. The number of aliphatic hydroxyl groups is 4. The van der Waals surface area contributed by atoms with E-state index in [9.17, 15) is 33.6 Å². The van der Waals surface area contributed by atoms with Crippen LogP contribution >= 0.6 is 0 Å². The van der Waals surface area contributed by atoms with Crippen LogP contribution in [0.15, 0.2) is 59.9 Å². The van der Waals surface area contributed by atoms with Gasteiger partial charge in [-0.2, -0.15) is 18.3 Å². The lowest BCUT2D eigenvalue weighted by atomic mass is 9.99. The molecule has 1 aliphatic rings. The molecule has 0 spiro atoms. The monoisotopic (exact) mass is 547 g/mol. The number of ether oxygens (including phenoxy) is 2. The van der Waals surface area contributed by atoms with Crippen LogP contribution in [0.5, 0.6) is 5.75 Å². The number of aromatic amines is 1. The van der Waals surface area contributed by atoms with Crippen LogP contribution in [0.4, 0.5) is 18.9 Å². The quantitative estimate of drug-likeness (QED) is 0.251. The van der Waals surface area contributed by atoms with Crippen LogP contribution in [-0.4, -0.2) is 77.3 Å². The van der Waals surface area contributed by atoms with Gasteiger partial charge in [0.05, 0.1) is 23.6 Å². The van der Waals surface area contributed by atoms with E-state index in [4.69, 9.17) is 9.47 Å². The maximum Gasteiger partial charge on any atom is 0.417 e. The lowest BCUT2D eigenvalue weighted by Gasteiger charge is -2.39. The van der Waals surface area contributed by atoms with Crippen molar-refractivity contribution in [3.8, 4) is 16.9 Å². The van der Waals surface area contributed by atoms with Crippen molar-refractivity contribution in [2.75, 3.05) is 6.61 Å². The van der Waals surface area contributed by atoms with Crippen molar-refractivity contribution >= 4 is 11.3 Å². The third-order valence-electron chi connectivity index (χ3n) is 6.28. The number of alkyl halides is 3. The lowest BCUT2D eigenvalue weighted by Crippen LogP contribution is -2.60. The number of nitrogens with zero attached hydrogens (tertiary/aromatic N) is 4. The smallest absolute Gasteiger partial charge is 0.417 e. The van der Waals surface area contributed by atoms with Gasteiger partial charge in [0.15, 0.2) is 0 Å². The van der Waals surface area contributed by atoms with Crippen molar-refractivity contribution in [2.24, 2.45) is 4.99 Å². The van der Waals surface area contributed by atoms with E-state index in [1.54, 1.807) is 19.1 Å². The largest absolute Gasteiger partial charge is 0.462 e. The first-order valence-electron chi connectivity index (χ1n) is 11.8. The number of aryl methyl sites for hydroxylation is 1. The second-order valence-corrected chi connectivity index (χ2v) is 8.91. The van der Waals surface area contributed by atoms with Gasteiger partial charge in [-0.15, -0.1) is 0 Å². The maximum atomic E-state index is 13.7. The van der Waals surface area contributed by atoms with Crippen molar-refractivity contribution in [1.82, 2.24) is 19.6 Å². The molecule has 2 aromatic heterocycles. The summed E-state index contributed by atoms with van der Waals surface area (Å²) in [6, 6.07) is 11.4. The molecule has 0 amide bonds. The summed E-state index contributed by atoms with van der Waals surface area (Å²) in [7, 11) is 0. The number of hydrogen-bond donors (Lipinski definition) is 5. The molecule has 1 fully saturated rings. The minimum absolute atomic E-state index is 0.0272. The van der Waals surface area contributed by atoms with Crippen molar-refractivity contribution in [2.45, 2.75) is 43.8 Å². The molecule has 1 aliphatic heterocycles. The summed E-state index contributed by atoms with van der Waals surface area (Å²) < 4.78 is 53.3. The van der Waals surface area contributed by atoms with Crippen LogP contribution in [-0.2, 0) is 10.9 Å². The summed E-state index contributed by atoms with van der Waals surface area (Å²) in [4.78, 5) is 11.5. The van der Waals surface area contributed by atoms with Gasteiger partial charge in [0, 0.05) is 5.56 Å². The molecule has 5 atom stereocenters. The SMILES string of the molecule is Cc1nn2cnc(=Nc3ccc(OC4OC(CO)C(O)C(O)C4O)cc3)[nH]c2c1-c1ccccc1C(F)(F)F. The zero-order valence-corrected chi connectivity index (χ0v) is 20.3. The van der Waals surface area contributed by atoms with Crippen LogP contribution in [0.3, 0.4) is 0 Å². The Hall–Kier alpha value is -3.82. The van der Waals surface area contributed by atoms with Crippen molar-refractivity contribution in [3.05, 3.63) is 71.7 Å². The molecule has 206 valence electrons. The molecule has 0 radical (unpaired) electrons. The van der Waals surface area contributed by atoms with Gasteiger partial charge in [0.1, 0.15) is 42.1 Å². The number of hydrogen-bond acceptors (Lipinski definition) is 9. The first-order valence-corrected chi connectivity index (χ1v) is 11.8. The number of nitrogens with one attached hydrogen (secondary N) is 1. The minimum Gasteiger partial charge on any atom is -0.462 e. The molecule has 14 heteroatoms. The summed E-state index contributed by atoms with van der Waals surface area (Å²) >= 11 is 0. The zero-order chi connectivity index (χ0) is 27.9. The van der Waals surface area contributed by atoms with E-state index in [2.05, 4.69) is 20.1 Å². The Kier molecular flexibility index (Phi) is 7.13. The van der Waals surface area contributed by atoms with Crippen LogP contribution in [0, 0.1) is 6.92 Å². The predicted octanol–water partition coefficient (Wildman–Crippen LogP) is 1.46. The Morgan fingerprint density at radius 2 is 1.77 bits per heavy atom. The molecule has 0 aliphatic carbocycles. The summed E-state index contributed by atoms with van der Waals surface area (Å²) in [6.07, 6.45) is -10.3. The molecule has 0 saturated carbocycles. The van der Waals surface area contributed by atoms with E-state index in [1.165, 1.54) is 41.2 Å². The minimum atomic E-state index is -4.56. The number of benzene rings is 2. The number of fused-ring (bicyclic) bond motifs is 1. The Balaban J connectivity index is 1.43. The summed E-state index contributed by atoms with van der Waals surface area (Å²) in [6.45, 7) is 1.02. The maximum absolute atomic E-state index is 13.7. The molecule has 5 rings (SSSR count). The van der Waals surface area contributed by atoms with E-state index in [-0.39, 0.29) is 28.1 Å². The molecule has 39 heavy (non-hydrogen) atoms. The van der Waals surface area contributed by atoms with Crippen molar-refractivity contribution in [3.63, 3.8) is 0 Å². The van der Waals surface area contributed by atoms with Gasteiger partial charge in [-0.05, 0) is 42.8 Å². The van der Waals surface area contributed by atoms with E-state index in [0.717, 1.165) is 6.07 Å². The van der Waals surface area contributed by atoms with E-state index >= 15 is 0 Å². The van der Waals surface area contributed by atoms with E-state index in [0.29, 0.717) is 11.4 Å². The van der Waals surface area contributed by atoms with Gasteiger partial charge in [-0.1, -0.05) is 18.2 Å². The van der Waals surface area contributed by atoms with Gasteiger partial charge >= 0.3 is 6.18 Å². The number of H-pyrrole nitrogens is 1. The molecule has 5 N–H and O–H groups in total. The first kappa shape index (κ1) is 26.8. The van der Waals surface area contributed by atoms with Gasteiger partial charge in [0.25, 0.3) is 0 Å². The van der Waals surface area contributed by atoms with Gasteiger partial charge in [0.2, 0.25) is 11.9 Å². The topological polar surface area (TPSA) is 158 Å². The molecule has 4 aromatic rings. The van der Waals surface area contributed by atoms with Crippen molar-refractivity contribution < 1.29 is 43.1 Å². The van der Waals surface area contributed by atoms with Crippen LogP contribution in [0.25, 0.3) is 16.8 Å². The molecule has 5 unspecified atom stereocenters. The van der Waals surface area contributed by atoms with Gasteiger partial charge in [-0.3, -0.25) is 0 Å².